The summed E-state index contributed by atoms with van der Waals surface area (Å²) in [6.45, 7) is 15.6. The molecule has 0 bridgehead atoms. The highest BCUT2D eigenvalue weighted by molar-refractivity contribution is 7.92. The summed E-state index contributed by atoms with van der Waals surface area (Å²) in [5, 5.41) is 20.8. The van der Waals surface area contributed by atoms with Crippen LogP contribution in [-0.4, -0.2) is 41.7 Å². The molecule has 0 aliphatic carbocycles. The van der Waals surface area contributed by atoms with Crippen LogP contribution in [0.15, 0.2) is 69.9 Å². The molecule has 0 fully saturated rings. The molecule has 0 aromatic carbocycles. The van der Waals surface area contributed by atoms with E-state index in [0.29, 0.717) is 24.8 Å². The number of rotatable bonds is 16. The zero-order chi connectivity index (χ0) is 27.9. The number of aliphatic hydroxyl groups is 2. The SMILES string of the molecule is CC(C)=CCC/C(C)=C/C(O)C(=O)/C=C(\CCC=C(C)C)CS(=O)(=O)C(O)/C=C(\C)CCC=C(C)C. The maximum Gasteiger partial charge on any atom is 0.188 e. The lowest BCUT2D eigenvalue weighted by Gasteiger charge is -2.13. The number of ketones is 1. The Balaban J connectivity index is 5.63. The van der Waals surface area contributed by atoms with Crippen LogP contribution < -0.4 is 0 Å². The molecule has 0 saturated heterocycles. The highest BCUT2D eigenvalue weighted by Crippen LogP contribution is 2.17. The summed E-state index contributed by atoms with van der Waals surface area (Å²) in [5.41, 5.74) is 3.91. The van der Waals surface area contributed by atoms with Crippen molar-refractivity contribution < 1.29 is 23.4 Å². The average Bonchev–Trinajstić information content (AvgIpc) is 2.72. The molecule has 36 heavy (non-hydrogen) atoms. The maximum absolute atomic E-state index is 12.9. The van der Waals surface area contributed by atoms with Gasteiger partial charge in [-0.3, -0.25) is 4.79 Å². The number of hydrogen-bond donors (Lipinski definition) is 2. The Morgan fingerprint density at radius 3 is 1.56 bits per heavy atom. The predicted octanol–water partition coefficient (Wildman–Crippen LogP) is 6.71. The lowest BCUT2D eigenvalue weighted by atomic mass is 10.0. The monoisotopic (exact) mass is 520 g/mol. The van der Waals surface area contributed by atoms with Crippen LogP contribution in [0.4, 0.5) is 0 Å². The largest absolute Gasteiger partial charge is 0.381 e. The first-order valence-electron chi connectivity index (χ1n) is 12.7. The number of hydrogen-bond acceptors (Lipinski definition) is 5. The van der Waals surface area contributed by atoms with Crippen LogP contribution in [0.25, 0.3) is 0 Å². The van der Waals surface area contributed by atoms with Crippen LogP contribution in [0.1, 0.15) is 93.9 Å². The third-order valence-corrected chi connectivity index (χ3v) is 7.11. The van der Waals surface area contributed by atoms with Crippen molar-refractivity contribution in [2.45, 2.75) is 105 Å². The molecule has 0 saturated carbocycles. The molecule has 2 unspecified atom stereocenters. The van der Waals surface area contributed by atoms with Crippen molar-refractivity contribution in [3.63, 3.8) is 0 Å². The van der Waals surface area contributed by atoms with E-state index in [4.69, 9.17) is 0 Å². The Morgan fingerprint density at radius 2 is 1.11 bits per heavy atom. The van der Waals surface area contributed by atoms with E-state index in [9.17, 15) is 23.4 Å². The van der Waals surface area contributed by atoms with Crippen LogP contribution in [0.3, 0.4) is 0 Å². The van der Waals surface area contributed by atoms with E-state index in [1.165, 1.54) is 29.4 Å². The fourth-order valence-electron chi connectivity index (χ4n) is 3.40. The van der Waals surface area contributed by atoms with E-state index in [0.717, 1.165) is 36.0 Å². The number of aliphatic hydroxyl groups excluding tert-OH is 2. The molecular formula is C30H48O5S. The minimum Gasteiger partial charge on any atom is -0.381 e. The first-order chi connectivity index (χ1) is 16.6. The van der Waals surface area contributed by atoms with Gasteiger partial charge in [-0.1, -0.05) is 51.7 Å². The second-order valence-electron chi connectivity index (χ2n) is 10.3. The van der Waals surface area contributed by atoms with E-state index >= 15 is 0 Å². The van der Waals surface area contributed by atoms with Gasteiger partial charge in [-0.15, -0.1) is 0 Å². The lowest BCUT2D eigenvalue weighted by molar-refractivity contribution is -0.120. The van der Waals surface area contributed by atoms with Gasteiger partial charge in [0.2, 0.25) is 0 Å². The molecule has 0 amide bonds. The first-order valence-corrected chi connectivity index (χ1v) is 14.4. The molecule has 2 atom stereocenters. The van der Waals surface area contributed by atoms with E-state index < -0.39 is 32.9 Å². The van der Waals surface area contributed by atoms with Crippen LogP contribution in [0.5, 0.6) is 0 Å². The highest BCUT2D eigenvalue weighted by atomic mass is 32.2. The van der Waals surface area contributed by atoms with Crippen LogP contribution in [0, 0.1) is 0 Å². The summed E-state index contributed by atoms with van der Waals surface area (Å²) in [4.78, 5) is 12.7. The highest BCUT2D eigenvalue weighted by Gasteiger charge is 2.23. The Bertz CT molecular complexity index is 992. The van der Waals surface area contributed by atoms with Crippen molar-refractivity contribution in [1.29, 1.82) is 0 Å². The van der Waals surface area contributed by atoms with Gasteiger partial charge >= 0.3 is 0 Å². The van der Waals surface area contributed by atoms with Gasteiger partial charge in [0.1, 0.15) is 6.10 Å². The molecule has 0 aromatic rings. The Kier molecular flexibility index (Phi) is 16.5. The molecule has 0 aliphatic rings. The number of carbonyl (C=O) groups is 1. The van der Waals surface area contributed by atoms with Gasteiger partial charge < -0.3 is 10.2 Å². The van der Waals surface area contributed by atoms with Crippen molar-refractivity contribution in [2.75, 3.05) is 5.75 Å². The molecule has 5 nitrogen and oxygen atoms in total. The maximum atomic E-state index is 12.9. The van der Waals surface area contributed by atoms with Crippen molar-refractivity contribution in [3.05, 3.63) is 69.9 Å². The van der Waals surface area contributed by atoms with Crippen molar-refractivity contribution in [2.24, 2.45) is 0 Å². The fraction of sp³-hybridized carbons (Fsp3) is 0.567. The van der Waals surface area contributed by atoms with Gasteiger partial charge in [-0.25, -0.2) is 8.42 Å². The third-order valence-electron chi connectivity index (χ3n) is 5.46. The molecule has 0 radical (unpaired) electrons. The molecule has 0 heterocycles. The minimum atomic E-state index is -3.94. The lowest BCUT2D eigenvalue weighted by Crippen LogP contribution is -2.24. The molecular weight excluding hydrogens is 472 g/mol. The summed E-state index contributed by atoms with van der Waals surface area (Å²) in [6, 6.07) is 0. The van der Waals surface area contributed by atoms with Crippen LogP contribution >= 0.6 is 0 Å². The topological polar surface area (TPSA) is 91.7 Å². The summed E-state index contributed by atoms with van der Waals surface area (Å²) in [5.74, 6) is -0.994. The first kappa shape index (κ1) is 34.0. The summed E-state index contributed by atoms with van der Waals surface area (Å²) >= 11 is 0. The second kappa shape index (κ2) is 17.4. The summed E-state index contributed by atoms with van der Waals surface area (Å²) < 4.78 is 25.8. The average molecular weight is 521 g/mol. The Morgan fingerprint density at radius 1 is 0.694 bits per heavy atom. The number of sulfone groups is 1. The zero-order valence-electron chi connectivity index (χ0n) is 23.6. The number of allylic oxidation sites excluding steroid dienone is 8. The second-order valence-corrected chi connectivity index (χ2v) is 12.4. The minimum absolute atomic E-state index is 0.349. The smallest absolute Gasteiger partial charge is 0.188 e. The molecule has 204 valence electrons. The van der Waals surface area contributed by atoms with Gasteiger partial charge in [-0.2, -0.15) is 0 Å². The Hall–Kier alpha value is -2.02. The van der Waals surface area contributed by atoms with Crippen molar-refractivity contribution in [3.8, 4) is 0 Å². The van der Waals surface area contributed by atoms with Gasteiger partial charge in [-0.05, 0) is 112 Å². The normalized spacial score (nSPS) is 14.7. The molecule has 0 spiro atoms. The third kappa shape index (κ3) is 16.6. The number of carbonyl (C=O) groups excluding carboxylic acids is 1. The van der Waals surface area contributed by atoms with E-state index in [2.05, 4.69) is 12.2 Å². The summed E-state index contributed by atoms with van der Waals surface area (Å²) in [6.07, 6.45) is 12.8. The van der Waals surface area contributed by atoms with Gasteiger partial charge in [0, 0.05) is 0 Å². The van der Waals surface area contributed by atoms with Gasteiger partial charge in [0.15, 0.2) is 21.1 Å². The quantitative estimate of drug-likeness (QED) is 0.174. The summed E-state index contributed by atoms with van der Waals surface area (Å²) in [7, 11) is -3.94. The standard InChI is InChI=1S/C30H48O5S/c1-22(2)12-9-15-25(7)18-28(31)29(32)20-27(17-11-14-24(5)6)21-36(34,35)30(33)19-26(8)16-10-13-23(3)4/h12-14,18-20,28,30-31,33H,9-11,15-17,21H2,1-8H3/b25-18+,26-19+,27-20+. The van der Waals surface area contributed by atoms with Gasteiger partial charge in [0.25, 0.3) is 0 Å². The van der Waals surface area contributed by atoms with E-state index in [1.54, 1.807) is 6.92 Å². The fourth-order valence-corrected chi connectivity index (χ4v) is 4.76. The molecule has 0 aromatic heterocycles. The molecule has 0 rings (SSSR count). The molecule has 0 aliphatic heterocycles. The molecule has 2 N–H and O–H groups in total. The van der Waals surface area contributed by atoms with Gasteiger partial charge in [0.05, 0.1) is 5.75 Å². The molecule has 6 heteroatoms. The zero-order valence-corrected chi connectivity index (χ0v) is 24.4. The Labute approximate surface area is 220 Å². The van der Waals surface area contributed by atoms with Crippen LogP contribution in [0.2, 0.25) is 0 Å². The van der Waals surface area contributed by atoms with E-state index in [1.807, 2.05) is 54.5 Å². The van der Waals surface area contributed by atoms with Crippen LogP contribution in [-0.2, 0) is 14.6 Å². The predicted molar refractivity (Wildman–Crippen MR) is 152 cm³/mol. The van der Waals surface area contributed by atoms with Crippen molar-refractivity contribution >= 4 is 15.6 Å². The van der Waals surface area contributed by atoms with E-state index in [-0.39, 0.29) is 0 Å². The van der Waals surface area contributed by atoms with Crippen molar-refractivity contribution in [1.82, 2.24) is 0 Å².